The van der Waals surface area contributed by atoms with Gasteiger partial charge in [0.25, 0.3) is 0 Å². The molecule has 1 aliphatic rings. The minimum absolute atomic E-state index is 0.0618. The number of nitrogens with zero attached hydrogens (tertiary/aromatic N) is 1. The second kappa shape index (κ2) is 9.13. The summed E-state index contributed by atoms with van der Waals surface area (Å²) in [4.78, 5) is 24.6. The molecule has 2 aromatic carbocycles. The average Bonchev–Trinajstić information content (AvgIpc) is 2.82. The van der Waals surface area contributed by atoms with E-state index in [1.165, 1.54) is 41.7 Å². The Balaban J connectivity index is 1.54. The summed E-state index contributed by atoms with van der Waals surface area (Å²) in [5.74, 6) is -0.155. The Kier molecular flexibility index (Phi) is 6.29. The van der Waals surface area contributed by atoms with Gasteiger partial charge in [0.2, 0.25) is 10.0 Å². The van der Waals surface area contributed by atoms with E-state index in [2.05, 4.69) is 0 Å². The molecule has 4 rings (SSSR count). The molecule has 0 aliphatic carbocycles. The number of hydrogen-bond acceptors (Lipinski definition) is 7. The third-order valence-electron chi connectivity index (χ3n) is 5.42. The number of benzene rings is 2. The molecule has 0 amide bonds. The van der Waals surface area contributed by atoms with Crippen molar-refractivity contribution in [3.63, 3.8) is 0 Å². The predicted octanol–water partition coefficient (Wildman–Crippen LogP) is 3.33. The second-order valence-electron chi connectivity index (χ2n) is 7.52. The van der Waals surface area contributed by atoms with Crippen LogP contribution in [0.3, 0.4) is 0 Å². The number of sulfonamides is 1. The van der Waals surface area contributed by atoms with Gasteiger partial charge in [-0.1, -0.05) is 12.5 Å². The minimum Gasteiger partial charge on any atom is -0.497 e. The molecule has 32 heavy (non-hydrogen) atoms. The first-order valence-electron chi connectivity index (χ1n) is 10.3. The number of piperidine rings is 1. The zero-order valence-corrected chi connectivity index (χ0v) is 18.4. The van der Waals surface area contributed by atoms with E-state index in [4.69, 9.17) is 13.9 Å². The molecule has 8 nitrogen and oxygen atoms in total. The van der Waals surface area contributed by atoms with E-state index in [1.807, 2.05) is 0 Å². The fourth-order valence-corrected chi connectivity index (χ4v) is 5.28. The lowest BCUT2D eigenvalue weighted by atomic mass is 10.1. The molecule has 168 valence electrons. The summed E-state index contributed by atoms with van der Waals surface area (Å²) < 4.78 is 43.0. The summed E-state index contributed by atoms with van der Waals surface area (Å²) >= 11 is 0. The number of methoxy groups -OCH3 is 1. The van der Waals surface area contributed by atoms with Crippen LogP contribution in [-0.2, 0) is 21.4 Å². The maximum absolute atomic E-state index is 12.9. The van der Waals surface area contributed by atoms with Crippen molar-refractivity contribution in [1.82, 2.24) is 4.31 Å². The highest BCUT2D eigenvalue weighted by Crippen LogP contribution is 2.24. The van der Waals surface area contributed by atoms with Gasteiger partial charge >= 0.3 is 11.6 Å². The van der Waals surface area contributed by atoms with Crippen LogP contribution in [0.4, 0.5) is 0 Å². The van der Waals surface area contributed by atoms with Crippen LogP contribution in [0.15, 0.2) is 62.6 Å². The molecule has 0 radical (unpaired) electrons. The van der Waals surface area contributed by atoms with E-state index in [9.17, 15) is 18.0 Å². The number of carbonyl (C=O) groups excluding carboxylic acids is 1. The molecule has 9 heteroatoms. The van der Waals surface area contributed by atoms with Crippen LogP contribution < -0.4 is 10.4 Å². The molecule has 0 bridgehead atoms. The normalized spacial score (nSPS) is 14.9. The van der Waals surface area contributed by atoms with Crippen LogP contribution in [0.5, 0.6) is 5.75 Å². The van der Waals surface area contributed by atoms with E-state index >= 15 is 0 Å². The summed E-state index contributed by atoms with van der Waals surface area (Å²) in [7, 11) is -2.16. The number of esters is 1. The van der Waals surface area contributed by atoms with E-state index in [-0.39, 0.29) is 17.1 Å². The van der Waals surface area contributed by atoms with Crippen molar-refractivity contribution < 1.29 is 27.1 Å². The van der Waals surface area contributed by atoms with Crippen molar-refractivity contribution in [3.05, 3.63) is 70.1 Å². The van der Waals surface area contributed by atoms with Crippen molar-refractivity contribution in [2.45, 2.75) is 30.8 Å². The molecule has 0 spiro atoms. The Hall–Kier alpha value is -3.17. The summed E-state index contributed by atoms with van der Waals surface area (Å²) in [6.45, 7) is 0.785. The van der Waals surface area contributed by atoms with Gasteiger partial charge in [-0.2, -0.15) is 4.31 Å². The quantitative estimate of drug-likeness (QED) is 0.413. The van der Waals surface area contributed by atoms with Gasteiger partial charge in [0.1, 0.15) is 17.9 Å². The molecule has 0 saturated carbocycles. The molecule has 0 N–H and O–H groups in total. The van der Waals surface area contributed by atoms with E-state index in [0.717, 1.165) is 19.3 Å². The molecular formula is C23H23NO7S. The first kappa shape index (κ1) is 22.0. The molecule has 1 fully saturated rings. The first-order chi connectivity index (χ1) is 15.4. The van der Waals surface area contributed by atoms with Gasteiger partial charge in [0.05, 0.1) is 17.6 Å². The van der Waals surface area contributed by atoms with Crippen LogP contribution in [0.1, 0.15) is 35.2 Å². The second-order valence-corrected chi connectivity index (χ2v) is 9.46. The van der Waals surface area contributed by atoms with Gasteiger partial charge in [0.15, 0.2) is 0 Å². The lowest BCUT2D eigenvalue weighted by Crippen LogP contribution is -2.35. The van der Waals surface area contributed by atoms with Crippen LogP contribution in [0, 0.1) is 0 Å². The topological polar surface area (TPSA) is 103 Å². The zero-order chi connectivity index (χ0) is 22.7. The standard InChI is InChI=1S/C23H23NO7S/c1-29-18-8-9-20-17(13-22(25)31-21(20)14-18)15-30-23(26)16-6-5-7-19(12-16)32(27,28)24-10-3-2-4-11-24/h5-9,12-14H,2-4,10-11,15H2,1H3. The van der Waals surface area contributed by atoms with Gasteiger partial charge in [-0.3, -0.25) is 0 Å². The molecule has 1 saturated heterocycles. The number of rotatable bonds is 6. The third kappa shape index (κ3) is 4.53. The Morgan fingerprint density at radius 1 is 1.06 bits per heavy atom. The maximum Gasteiger partial charge on any atom is 0.338 e. The molecule has 1 aliphatic heterocycles. The van der Waals surface area contributed by atoms with E-state index < -0.39 is 21.6 Å². The fraction of sp³-hybridized carbons (Fsp3) is 0.304. The predicted molar refractivity (Wildman–Crippen MR) is 117 cm³/mol. The smallest absolute Gasteiger partial charge is 0.338 e. The van der Waals surface area contributed by atoms with Gasteiger partial charge in [0, 0.05) is 36.2 Å². The Morgan fingerprint density at radius 3 is 2.59 bits per heavy atom. The van der Waals surface area contributed by atoms with Crippen LogP contribution in [0.2, 0.25) is 0 Å². The SMILES string of the molecule is COc1ccc2c(COC(=O)c3cccc(S(=O)(=O)N4CCCCC4)c3)cc(=O)oc2c1. The number of ether oxygens (including phenoxy) is 2. The third-order valence-corrected chi connectivity index (χ3v) is 7.31. The molecule has 0 unspecified atom stereocenters. The molecular weight excluding hydrogens is 434 g/mol. The number of hydrogen-bond donors (Lipinski definition) is 0. The number of carbonyl (C=O) groups is 1. The zero-order valence-electron chi connectivity index (χ0n) is 17.6. The molecule has 3 aromatic rings. The monoisotopic (exact) mass is 457 g/mol. The van der Waals surface area contributed by atoms with Crippen molar-refractivity contribution in [2.24, 2.45) is 0 Å². The van der Waals surface area contributed by atoms with Gasteiger partial charge < -0.3 is 13.9 Å². The van der Waals surface area contributed by atoms with Crippen molar-refractivity contribution in [2.75, 3.05) is 20.2 Å². The summed E-state index contributed by atoms with van der Waals surface area (Å²) in [6.07, 6.45) is 2.66. The summed E-state index contributed by atoms with van der Waals surface area (Å²) in [5, 5.41) is 0.611. The molecule has 0 atom stereocenters. The lowest BCUT2D eigenvalue weighted by Gasteiger charge is -2.25. The Bertz CT molecular complexity index is 1310. The largest absolute Gasteiger partial charge is 0.497 e. The fourth-order valence-electron chi connectivity index (χ4n) is 3.72. The van der Waals surface area contributed by atoms with Gasteiger partial charge in [-0.15, -0.1) is 0 Å². The van der Waals surface area contributed by atoms with E-state index in [0.29, 0.717) is 35.4 Å². The van der Waals surface area contributed by atoms with E-state index in [1.54, 1.807) is 18.2 Å². The highest BCUT2D eigenvalue weighted by Gasteiger charge is 2.26. The average molecular weight is 458 g/mol. The van der Waals surface area contributed by atoms with Gasteiger partial charge in [-0.25, -0.2) is 18.0 Å². The van der Waals surface area contributed by atoms with Crippen LogP contribution >= 0.6 is 0 Å². The molecule has 1 aromatic heterocycles. The van der Waals surface area contributed by atoms with Crippen molar-refractivity contribution >= 4 is 27.0 Å². The van der Waals surface area contributed by atoms with Crippen LogP contribution in [-0.4, -0.2) is 38.9 Å². The first-order valence-corrected chi connectivity index (χ1v) is 11.7. The highest BCUT2D eigenvalue weighted by atomic mass is 32.2. The van der Waals surface area contributed by atoms with Crippen LogP contribution in [0.25, 0.3) is 11.0 Å². The highest BCUT2D eigenvalue weighted by molar-refractivity contribution is 7.89. The minimum atomic E-state index is -3.67. The summed E-state index contributed by atoms with van der Waals surface area (Å²) in [6, 6.07) is 12.1. The van der Waals surface area contributed by atoms with Crippen molar-refractivity contribution in [3.8, 4) is 5.75 Å². The summed E-state index contributed by atoms with van der Waals surface area (Å²) in [5.41, 5.74) is 0.338. The lowest BCUT2D eigenvalue weighted by molar-refractivity contribution is 0.0473. The van der Waals surface area contributed by atoms with Crippen molar-refractivity contribution in [1.29, 1.82) is 0 Å². The van der Waals surface area contributed by atoms with Gasteiger partial charge in [-0.05, 0) is 43.2 Å². The molecule has 2 heterocycles. The Morgan fingerprint density at radius 2 is 1.84 bits per heavy atom. The maximum atomic E-state index is 12.9. The number of fused-ring (bicyclic) bond motifs is 1. The Labute approximate surface area is 185 Å².